The van der Waals surface area contributed by atoms with E-state index in [0.717, 1.165) is 35.4 Å². The highest BCUT2D eigenvalue weighted by atomic mass is 16.6. The van der Waals surface area contributed by atoms with E-state index in [1.54, 1.807) is 12.1 Å². The van der Waals surface area contributed by atoms with E-state index in [0.29, 0.717) is 18.7 Å². The summed E-state index contributed by atoms with van der Waals surface area (Å²) in [6.45, 7) is 9.30. The Bertz CT molecular complexity index is 1120. The summed E-state index contributed by atoms with van der Waals surface area (Å²) >= 11 is 0. The van der Waals surface area contributed by atoms with Crippen LogP contribution in [0.15, 0.2) is 72.8 Å². The molecule has 0 spiro atoms. The van der Waals surface area contributed by atoms with Gasteiger partial charge in [-0.15, -0.1) is 0 Å². The molecule has 2 unspecified atom stereocenters. The standard InChI is InChI=1S/C30H35NO4/c1-5-6-18-33-27-25-19-24(31-20-22-10-8-7-9-11-22)16-17-26(25)35-30(3,4)28(27)34-29(32)23-14-12-21(2)13-15-23/h7-17,19,27-28,31H,5-6,18,20H2,1-4H3. The molecule has 2 atom stereocenters. The Balaban J connectivity index is 1.61. The molecule has 0 saturated carbocycles. The van der Waals surface area contributed by atoms with Gasteiger partial charge in [0.25, 0.3) is 0 Å². The average Bonchev–Trinajstić information content (AvgIpc) is 2.85. The van der Waals surface area contributed by atoms with Crippen LogP contribution in [0.4, 0.5) is 5.69 Å². The molecule has 0 fully saturated rings. The van der Waals surface area contributed by atoms with E-state index < -0.39 is 17.8 Å². The zero-order chi connectivity index (χ0) is 24.8. The molecule has 0 saturated heterocycles. The van der Waals surface area contributed by atoms with E-state index in [1.165, 1.54) is 5.56 Å². The molecule has 1 N–H and O–H groups in total. The maximum atomic E-state index is 13.1. The van der Waals surface area contributed by atoms with Crippen molar-refractivity contribution >= 4 is 11.7 Å². The summed E-state index contributed by atoms with van der Waals surface area (Å²) in [7, 11) is 0. The Morgan fingerprint density at radius 3 is 2.49 bits per heavy atom. The topological polar surface area (TPSA) is 56.8 Å². The second-order valence-electron chi connectivity index (χ2n) is 9.63. The number of nitrogens with one attached hydrogen (secondary N) is 1. The Kier molecular flexibility index (Phi) is 7.76. The van der Waals surface area contributed by atoms with E-state index in [9.17, 15) is 4.79 Å². The number of rotatable bonds is 9. The van der Waals surface area contributed by atoms with Gasteiger partial charge in [0.15, 0.2) is 6.10 Å². The van der Waals surface area contributed by atoms with Crippen molar-refractivity contribution in [1.82, 2.24) is 0 Å². The lowest BCUT2D eigenvalue weighted by atomic mass is 9.87. The molecule has 0 amide bonds. The zero-order valence-corrected chi connectivity index (χ0v) is 21.0. The number of fused-ring (bicyclic) bond motifs is 1. The molecule has 35 heavy (non-hydrogen) atoms. The number of unbranched alkanes of at least 4 members (excludes halogenated alkanes) is 1. The zero-order valence-electron chi connectivity index (χ0n) is 21.0. The maximum Gasteiger partial charge on any atom is 0.338 e. The molecule has 1 heterocycles. The normalized spacial score (nSPS) is 18.3. The van der Waals surface area contributed by atoms with Gasteiger partial charge in [-0.3, -0.25) is 0 Å². The fourth-order valence-electron chi connectivity index (χ4n) is 4.25. The lowest BCUT2D eigenvalue weighted by Crippen LogP contribution is -2.51. The largest absolute Gasteiger partial charge is 0.483 e. The molecule has 5 nitrogen and oxygen atoms in total. The van der Waals surface area contributed by atoms with Crippen molar-refractivity contribution < 1.29 is 19.0 Å². The second-order valence-corrected chi connectivity index (χ2v) is 9.63. The van der Waals surface area contributed by atoms with Crippen LogP contribution in [0.5, 0.6) is 5.75 Å². The molecule has 3 aromatic carbocycles. The molecule has 0 bridgehead atoms. The van der Waals surface area contributed by atoms with Crippen molar-refractivity contribution in [3.05, 3.63) is 95.1 Å². The molecule has 3 aromatic rings. The molecule has 0 aliphatic carbocycles. The number of anilines is 1. The van der Waals surface area contributed by atoms with Gasteiger partial charge in [-0.2, -0.15) is 0 Å². The molecule has 4 rings (SSSR count). The molecule has 1 aliphatic heterocycles. The van der Waals surface area contributed by atoms with Gasteiger partial charge in [-0.1, -0.05) is 61.4 Å². The first kappa shape index (κ1) is 24.8. The number of aryl methyl sites for hydroxylation is 1. The molecule has 0 radical (unpaired) electrons. The van der Waals surface area contributed by atoms with E-state index in [2.05, 4.69) is 30.4 Å². The lowest BCUT2D eigenvalue weighted by Gasteiger charge is -2.43. The molecule has 5 heteroatoms. The Hall–Kier alpha value is -3.31. The second kappa shape index (κ2) is 11.0. The third kappa shape index (κ3) is 6.04. The van der Waals surface area contributed by atoms with E-state index in [1.807, 2.05) is 63.2 Å². The van der Waals surface area contributed by atoms with Crippen molar-refractivity contribution in [3.63, 3.8) is 0 Å². The van der Waals surface area contributed by atoms with Crippen LogP contribution in [0, 0.1) is 6.92 Å². The van der Waals surface area contributed by atoms with Crippen LogP contribution in [0.1, 0.15) is 66.8 Å². The number of hydrogen-bond acceptors (Lipinski definition) is 5. The number of ether oxygens (including phenoxy) is 3. The first-order valence-electron chi connectivity index (χ1n) is 12.4. The van der Waals surface area contributed by atoms with Crippen molar-refractivity contribution in [3.8, 4) is 5.75 Å². The summed E-state index contributed by atoms with van der Waals surface area (Å²) < 4.78 is 18.8. The minimum atomic E-state index is -0.761. The van der Waals surface area contributed by atoms with Crippen LogP contribution in [-0.2, 0) is 16.0 Å². The number of hydrogen-bond donors (Lipinski definition) is 1. The third-order valence-corrected chi connectivity index (χ3v) is 6.31. The van der Waals surface area contributed by atoms with Crippen molar-refractivity contribution in [2.24, 2.45) is 0 Å². The van der Waals surface area contributed by atoms with Crippen molar-refractivity contribution in [1.29, 1.82) is 0 Å². The number of benzene rings is 3. The van der Waals surface area contributed by atoms with Gasteiger partial charge in [0, 0.05) is 24.4 Å². The predicted molar refractivity (Wildman–Crippen MR) is 139 cm³/mol. The van der Waals surface area contributed by atoms with Crippen LogP contribution in [-0.4, -0.2) is 24.3 Å². The number of esters is 1. The van der Waals surface area contributed by atoms with E-state index >= 15 is 0 Å². The van der Waals surface area contributed by atoms with E-state index in [4.69, 9.17) is 14.2 Å². The quantitative estimate of drug-likeness (QED) is 0.272. The summed E-state index contributed by atoms with van der Waals surface area (Å²) in [6, 6.07) is 23.7. The van der Waals surface area contributed by atoms with Gasteiger partial charge in [0.2, 0.25) is 0 Å². The monoisotopic (exact) mass is 473 g/mol. The lowest BCUT2D eigenvalue weighted by molar-refractivity contribution is -0.140. The summed E-state index contributed by atoms with van der Waals surface area (Å²) in [4.78, 5) is 13.1. The first-order chi connectivity index (χ1) is 16.9. The minimum Gasteiger partial charge on any atom is -0.483 e. The summed E-state index contributed by atoms with van der Waals surface area (Å²) in [6.07, 6.45) is 0.905. The highest BCUT2D eigenvalue weighted by molar-refractivity contribution is 5.89. The molecule has 0 aromatic heterocycles. The predicted octanol–water partition coefficient (Wildman–Crippen LogP) is 6.86. The number of carbonyl (C=O) groups excluding carboxylic acids is 1. The van der Waals surface area contributed by atoms with Crippen LogP contribution < -0.4 is 10.1 Å². The summed E-state index contributed by atoms with van der Waals surface area (Å²) in [5, 5.41) is 3.49. The van der Waals surface area contributed by atoms with Crippen molar-refractivity contribution in [2.45, 2.75) is 64.9 Å². The summed E-state index contributed by atoms with van der Waals surface area (Å²) in [5.41, 5.74) is 3.89. The van der Waals surface area contributed by atoms with E-state index in [-0.39, 0.29) is 5.97 Å². The van der Waals surface area contributed by atoms with Crippen LogP contribution in [0.2, 0.25) is 0 Å². The number of carbonyl (C=O) groups is 1. The van der Waals surface area contributed by atoms with Gasteiger partial charge in [-0.05, 0) is 63.1 Å². The summed E-state index contributed by atoms with van der Waals surface area (Å²) in [5.74, 6) is 0.377. The highest BCUT2D eigenvalue weighted by Crippen LogP contribution is 2.44. The van der Waals surface area contributed by atoms with Crippen LogP contribution >= 0.6 is 0 Å². The maximum absolute atomic E-state index is 13.1. The molecule has 184 valence electrons. The Labute approximate surface area is 208 Å². The molecular weight excluding hydrogens is 438 g/mol. The minimum absolute atomic E-state index is 0.377. The van der Waals surface area contributed by atoms with Gasteiger partial charge in [0.1, 0.15) is 17.5 Å². The Morgan fingerprint density at radius 2 is 1.77 bits per heavy atom. The third-order valence-electron chi connectivity index (χ3n) is 6.31. The SMILES string of the molecule is CCCCOC1c2cc(NCc3ccccc3)ccc2OC(C)(C)C1OC(=O)c1ccc(C)cc1. The van der Waals surface area contributed by atoms with Gasteiger partial charge >= 0.3 is 5.97 Å². The van der Waals surface area contributed by atoms with Crippen molar-refractivity contribution in [2.75, 3.05) is 11.9 Å². The fourth-order valence-corrected chi connectivity index (χ4v) is 4.25. The van der Waals surface area contributed by atoms with Crippen LogP contribution in [0.25, 0.3) is 0 Å². The molecule has 1 aliphatic rings. The Morgan fingerprint density at radius 1 is 1.03 bits per heavy atom. The smallest absolute Gasteiger partial charge is 0.338 e. The first-order valence-corrected chi connectivity index (χ1v) is 12.4. The van der Waals surface area contributed by atoms with Gasteiger partial charge < -0.3 is 19.5 Å². The van der Waals surface area contributed by atoms with Crippen LogP contribution in [0.3, 0.4) is 0 Å². The fraction of sp³-hybridized carbons (Fsp3) is 0.367. The highest BCUT2D eigenvalue weighted by Gasteiger charge is 2.47. The molecular formula is C30H35NO4. The van der Waals surface area contributed by atoms with Gasteiger partial charge in [-0.25, -0.2) is 4.79 Å². The van der Waals surface area contributed by atoms with Gasteiger partial charge in [0.05, 0.1) is 5.56 Å². The average molecular weight is 474 g/mol.